The summed E-state index contributed by atoms with van der Waals surface area (Å²) in [5.41, 5.74) is 2.37. The number of alkyl halides is 1. The van der Waals surface area contributed by atoms with Crippen LogP contribution in [0.2, 0.25) is 0 Å². The smallest absolute Gasteiger partial charge is 0.305 e. The van der Waals surface area contributed by atoms with Crippen LogP contribution < -0.4 is 10.1 Å². The van der Waals surface area contributed by atoms with Gasteiger partial charge in [-0.25, -0.2) is 4.39 Å². The number of aryl methyl sites for hydroxylation is 1. The molecule has 0 bridgehead atoms. The molecule has 1 amide bonds. The first-order chi connectivity index (χ1) is 15.5. The van der Waals surface area contributed by atoms with Crippen molar-refractivity contribution in [2.24, 2.45) is 0 Å². The Hall–Kier alpha value is -3.19. The molecule has 0 aliphatic rings. The highest BCUT2D eigenvalue weighted by Crippen LogP contribution is 2.33. The molecule has 0 spiro atoms. The Kier molecular flexibility index (Phi) is 7.53. The monoisotopic (exact) mass is 469 g/mol. The topological polar surface area (TPSA) is 75.6 Å². The quantitative estimate of drug-likeness (QED) is 0.387. The fourth-order valence-electron chi connectivity index (χ4n) is 3.41. The van der Waals surface area contributed by atoms with Crippen molar-refractivity contribution in [3.05, 3.63) is 75.5 Å². The highest BCUT2D eigenvalue weighted by atomic mass is 32.1. The predicted molar refractivity (Wildman–Crippen MR) is 129 cm³/mol. The first-order valence-corrected chi connectivity index (χ1v) is 11.5. The summed E-state index contributed by atoms with van der Waals surface area (Å²) < 4.78 is 20.2. The number of hydrogen-bond acceptors (Lipinski definition) is 4. The summed E-state index contributed by atoms with van der Waals surface area (Å²) in [6.45, 7) is 7.10. The van der Waals surface area contributed by atoms with E-state index in [1.54, 1.807) is 19.9 Å². The minimum atomic E-state index is -1.37. The molecule has 0 aliphatic heterocycles. The van der Waals surface area contributed by atoms with Gasteiger partial charge in [-0.05, 0) is 74.2 Å². The average Bonchev–Trinajstić information content (AvgIpc) is 3.24. The van der Waals surface area contributed by atoms with Crippen LogP contribution in [0.15, 0.2) is 54.6 Å². The molecule has 3 rings (SSSR count). The highest BCUT2D eigenvalue weighted by molar-refractivity contribution is 7.14. The van der Waals surface area contributed by atoms with Gasteiger partial charge in [-0.1, -0.05) is 30.3 Å². The van der Waals surface area contributed by atoms with Gasteiger partial charge in [0.25, 0.3) is 5.91 Å². The Morgan fingerprint density at radius 2 is 1.82 bits per heavy atom. The maximum Gasteiger partial charge on any atom is 0.305 e. The van der Waals surface area contributed by atoms with Gasteiger partial charge in [0.1, 0.15) is 17.5 Å². The lowest BCUT2D eigenvalue weighted by molar-refractivity contribution is -0.136. The van der Waals surface area contributed by atoms with E-state index in [1.807, 2.05) is 62.4 Å². The molecule has 0 saturated heterocycles. The molecule has 2 aromatic carbocycles. The summed E-state index contributed by atoms with van der Waals surface area (Å²) >= 11 is 1.32. The minimum absolute atomic E-state index is 0.0906. The average molecular weight is 470 g/mol. The van der Waals surface area contributed by atoms with E-state index in [0.717, 1.165) is 21.6 Å². The van der Waals surface area contributed by atoms with Crippen molar-refractivity contribution in [2.75, 3.05) is 6.54 Å². The summed E-state index contributed by atoms with van der Waals surface area (Å²) in [5.74, 6) is -0.528. The summed E-state index contributed by atoms with van der Waals surface area (Å²) in [6, 6.07) is 16.9. The van der Waals surface area contributed by atoms with Crippen molar-refractivity contribution in [1.29, 1.82) is 0 Å². The predicted octanol–water partition coefficient (Wildman–Crippen LogP) is 6.27. The summed E-state index contributed by atoms with van der Waals surface area (Å²) in [7, 11) is 0. The van der Waals surface area contributed by atoms with Crippen LogP contribution in [0.5, 0.6) is 5.75 Å². The number of hydrogen-bond donors (Lipinski definition) is 2. The fraction of sp³-hybridized carbons (Fsp3) is 0.308. The maximum absolute atomic E-state index is 14.1. The molecule has 5 nitrogen and oxygen atoms in total. The summed E-state index contributed by atoms with van der Waals surface area (Å²) in [6.07, 6.45) is -0.372. The zero-order valence-electron chi connectivity index (χ0n) is 19.1. The second-order valence-corrected chi connectivity index (χ2v) is 9.50. The van der Waals surface area contributed by atoms with E-state index in [2.05, 4.69) is 5.32 Å². The Balaban J connectivity index is 1.66. The number of thiophene rings is 1. The van der Waals surface area contributed by atoms with Gasteiger partial charge in [-0.2, -0.15) is 0 Å². The molecular formula is C26H28FNO4S. The van der Waals surface area contributed by atoms with Gasteiger partial charge in [-0.15, -0.1) is 11.3 Å². The molecule has 1 aromatic heterocycles. The van der Waals surface area contributed by atoms with Gasteiger partial charge in [0.2, 0.25) is 0 Å². The van der Waals surface area contributed by atoms with Gasteiger partial charge in [-0.3, -0.25) is 9.59 Å². The number of ether oxygens (including phenoxy) is 1. The second-order valence-electron chi connectivity index (χ2n) is 8.39. The summed E-state index contributed by atoms with van der Waals surface area (Å²) in [4.78, 5) is 24.1. The third-order valence-corrected chi connectivity index (χ3v) is 6.51. The van der Waals surface area contributed by atoms with Crippen LogP contribution >= 0.6 is 11.3 Å². The lowest BCUT2D eigenvalue weighted by Crippen LogP contribution is -2.25. The van der Waals surface area contributed by atoms with Crippen LogP contribution in [0.3, 0.4) is 0 Å². The van der Waals surface area contributed by atoms with Crippen LogP contribution in [-0.2, 0) is 10.5 Å². The lowest BCUT2D eigenvalue weighted by Gasteiger charge is -2.17. The third-order valence-electron chi connectivity index (χ3n) is 5.27. The molecule has 2 N–H and O–H groups in total. The fourth-order valence-corrected chi connectivity index (χ4v) is 4.31. The van der Waals surface area contributed by atoms with E-state index in [4.69, 9.17) is 9.84 Å². The molecule has 7 heteroatoms. The molecule has 0 aliphatic carbocycles. The van der Waals surface area contributed by atoms with E-state index < -0.39 is 11.6 Å². The number of rotatable bonds is 9. The van der Waals surface area contributed by atoms with Crippen molar-refractivity contribution in [2.45, 2.75) is 45.9 Å². The van der Waals surface area contributed by atoms with Crippen LogP contribution in [-0.4, -0.2) is 23.5 Å². The third kappa shape index (κ3) is 6.42. The number of carboxylic acid groups (broad SMARTS) is 1. The van der Waals surface area contributed by atoms with Crippen LogP contribution in [0.1, 0.15) is 59.0 Å². The van der Waals surface area contributed by atoms with Crippen molar-refractivity contribution in [3.8, 4) is 16.9 Å². The Morgan fingerprint density at radius 1 is 1.12 bits per heavy atom. The second kappa shape index (κ2) is 10.2. The van der Waals surface area contributed by atoms with Crippen LogP contribution in [0, 0.1) is 6.92 Å². The van der Waals surface area contributed by atoms with E-state index in [1.165, 1.54) is 11.3 Å². The Morgan fingerprint density at radius 3 is 2.42 bits per heavy atom. The number of carboxylic acids is 1. The number of benzene rings is 2. The number of amides is 1. The van der Waals surface area contributed by atoms with Crippen molar-refractivity contribution < 1.29 is 23.8 Å². The lowest BCUT2D eigenvalue weighted by atomic mass is 9.95. The number of nitrogens with one attached hydrogen (secondary N) is 1. The van der Waals surface area contributed by atoms with E-state index in [9.17, 15) is 14.0 Å². The van der Waals surface area contributed by atoms with Crippen LogP contribution in [0.4, 0.5) is 4.39 Å². The molecule has 0 saturated carbocycles. The number of carbonyl (C=O) groups excluding carboxylic acids is 1. The van der Waals surface area contributed by atoms with E-state index >= 15 is 0 Å². The minimum Gasteiger partial charge on any atom is -0.485 e. The van der Waals surface area contributed by atoms with Gasteiger partial charge >= 0.3 is 5.97 Å². The molecule has 3 aromatic rings. The number of carbonyl (C=O) groups is 2. The zero-order valence-corrected chi connectivity index (χ0v) is 20.0. The van der Waals surface area contributed by atoms with Gasteiger partial charge < -0.3 is 15.2 Å². The van der Waals surface area contributed by atoms with E-state index in [0.29, 0.717) is 16.2 Å². The zero-order chi connectivity index (χ0) is 24.2. The Labute approximate surface area is 197 Å². The molecular weight excluding hydrogens is 441 g/mol. The van der Waals surface area contributed by atoms with Crippen LogP contribution in [0.25, 0.3) is 11.1 Å². The van der Waals surface area contributed by atoms with E-state index in [-0.39, 0.29) is 25.0 Å². The van der Waals surface area contributed by atoms with Gasteiger partial charge in [0.15, 0.2) is 0 Å². The first-order valence-electron chi connectivity index (χ1n) is 10.7. The molecule has 33 heavy (non-hydrogen) atoms. The standard InChI is InChI=1S/C26H28FNO4S/c1-16-15-20(9-10-21(16)18-5-7-19(8-6-18)26(3,4)27)32-17(2)22-11-12-23(33-22)25(31)28-14-13-24(29)30/h5-12,15,17H,13-14H2,1-4H3,(H,28,31)(H,29,30). The van der Waals surface area contributed by atoms with Crippen molar-refractivity contribution >= 4 is 23.2 Å². The van der Waals surface area contributed by atoms with Gasteiger partial charge in [0, 0.05) is 11.4 Å². The molecule has 174 valence electrons. The first kappa shape index (κ1) is 24.5. The van der Waals surface area contributed by atoms with Crippen molar-refractivity contribution in [3.63, 3.8) is 0 Å². The molecule has 0 fully saturated rings. The Bertz CT molecular complexity index is 1130. The molecule has 1 heterocycles. The molecule has 1 atom stereocenters. The largest absolute Gasteiger partial charge is 0.485 e. The molecule has 0 radical (unpaired) electrons. The number of aliphatic carboxylic acids is 1. The SMILES string of the molecule is Cc1cc(OC(C)c2ccc(C(=O)NCCC(=O)O)s2)ccc1-c1ccc(C(C)(C)F)cc1. The maximum atomic E-state index is 14.1. The normalized spacial score (nSPS) is 12.3. The van der Waals surface area contributed by atoms with Crippen molar-refractivity contribution in [1.82, 2.24) is 5.32 Å². The summed E-state index contributed by atoms with van der Waals surface area (Å²) in [5, 5.41) is 11.3. The molecule has 1 unspecified atom stereocenters. The number of halogens is 1. The van der Waals surface area contributed by atoms with Gasteiger partial charge in [0.05, 0.1) is 11.3 Å². The highest BCUT2D eigenvalue weighted by Gasteiger charge is 2.19.